The molecule has 0 saturated heterocycles. The molecule has 4 rings (SSSR count). The highest BCUT2D eigenvalue weighted by molar-refractivity contribution is 5.77. The lowest BCUT2D eigenvalue weighted by molar-refractivity contribution is 0.739. The maximum absolute atomic E-state index is 4.70. The number of benzene rings is 1. The number of hydrogen-bond donors (Lipinski definition) is 0. The van der Waals surface area contributed by atoms with Crippen LogP contribution in [0.25, 0.3) is 10.9 Å². The van der Waals surface area contributed by atoms with Crippen LogP contribution in [0, 0.1) is 6.92 Å². The summed E-state index contributed by atoms with van der Waals surface area (Å²) in [6.45, 7) is 2.05. The lowest BCUT2D eigenvalue weighted by Crippen LogP contribution is -2.22. The van der Waals surface area contributed by atoms with Crippen molar-refractivity contribution < 1.29 is 0 Å². The van der Waals surface area contributed by atoms with E-state index >= 15 is 0 Å². The van der Waals surface area contributed by atoms with Gasteiger partial charge in [-0.2, -0.15) is 0 Å². The zero-order valence-electron chi connectivity index (χ0n) is 11.0. The molecule has 0 bridgehead atoms. The highest BCUT2D eigenvalue weighted by Gasteiger charge is 2.15. The van der Waals surface area contributed by atoms with Crippen molar-refractivity contribution in [3.63, 3.8) is 0 Å². The topological polar surface area (TPSA) is 50.5 Å². The van der Waals surface area contributed by atoms with Crippen molar-refractivity contribution in [1.29, 1.82) is 0 Å². The molecule has 2 aromatic heterocycles. The Morgan fingerprint density at radius 2 is 1.90 bits per heavy atom. The second-order valence-electron chi connectivity index (χ2n) is 4.90. The van der Waals surface area contributed by atoms with E-state index in [-0.39, 0.29) is 6.17 Å². The number of aryl methyl sites for hydroxylation is 1. The molecule has 96 valence electrons. The molecule has 3 aromatic rings. The highest BCUT2D eigenvalue weighted by Crippen LogP contribution is 2.18. The Morgan fingerprint density at radius 3 is 2.80 bits per heavy atom. The molecule has 0 amide bonds. The van der Waals surface area contributed by atoms with Crippen LogP contribution < -0.4 is 10.7 Å². The van der Waals surface area contributed by atoms with Crippen LogP contribution >= 0.6 is 0 Å². The van der Waals surface area contributed by atoms with Gasteiger partial charge in [-0.15, -0.1) is 0 Å². The molecule has 1 atom stereocenters. The van der Waals surface area contributed by atoms with Gasteiger partial charge in [-0.1, -0.05) is 12.1 Å². The van der Waals surface area contributed by atoms with Crippen LogP contribution in [0.15, 0.2) is 58.8 Å². The van der Waals surface area contributed by atoms with Gasteiger partial charge in [0.25, 0.3) is 0 Å². The monoisotopic (exact) mass is 260 g/mol. The van der Waals surface area contributed by atoms with E-state index in [4.69, 9.17) is 4.99 Å². The van der Waals surface area contributed by atoms with Crippen molar-refractivity contribution in [3.8, 4) is 0 Å². The van der Waals surface area contributed by atoms with Gasteiger partial charge in [-0.25, -0.2) is 9.98 Å². The Kier molecular flexibility index (Phi) is 2.36. The predicted molar refractivity (Wildman–Crippen MR) is 75.8 cm³/mol. The van der Waals surface area contributed by atoms with E-state index in [1.807, 2.05) is 43.3 Å². The van der Waals surface area contributed by atoms with Crippen molar-refractivity contribution in [2.75, 3.05) is 0 Å². The van der Waals surface area contributed by atoms with Crippen molar-refractivity contribution in [2.24, 2.45) is 9.98 Å². The van der Waals surface area contributed by atoms with Gasteiger partial charge in [0.2, 0.25) is 0 Å². The Hall–Kier alpha value is -2.62. The van der Waals surface area contributed by atoms with Crippen molar-refractivity contribution in [1.82, 2.24) is 9.97 Å². The lowest BCUT2D eigenvalue weighted by Gasteiger charge is -2.03. The number of hydrogen-bond acceptors (Lipinski definition) is 4. The lowest BCUT2D eigenvalue weighted by atomic mass is 10.2. The molecule has 0 N–H and O–H groups in total. The van der Waals surface area contributed by atoms with Gasteiger partial charge in [-0.05, 0) is 36.8 Å². The van der Waals surface area contributed by atoms with E-state index in [1.54, 1.807) is 12.4 Å². The Bertz CT molecular complexity index is 931. The molecule has 0 aliphatic carbocycles. The molecule has 1 unspecified atom stereocenters. The summed E-state index contributed by atoms with van der Waals surface area (Å²) in [6, 6.07) is 12.0. The van der Waals surface area contributed by atoms with Crippen LogP contribution in [0.1, 0.15) is 17.4 Å². The van der Waals surface area contributed by atoms with Crippen LogP contribution in [0.2, 0.25) is 0 Å². The van der Waals surface area contributed by atoms with Gasteiger partial charge in [0.05, 0.1) is 16.6 Å². The van der Waals surface area contributed by atoms with Crippen molar-refractivity contribution in [2.45, 2.75) is 13.1 Å². The minimum absolute atomic E-state index is 0.252. The minimum atomic E-state index is -0.252. The third-order valence-electron chi connectivity index (χ3n) is 3.44. The summed E-state index contributed by atoms with van der Waals surface area (Å²) in [5.74, 6) is 0. The minimum Gasteiger partial charge on any atom is -0.257 e. The third kappa shape index (κ3) is 1.69. The molecule has 0 radical (unpaired) electrons. The Labute approximate surface area is 115 Å². The van der Waals surface area contributed by atoms with Gasteiger partial charge in [0, 0.05) is 17.8 Å². The molecular weight excluding hydrogens is 248 g/mol. The average molecular weight is 260 g/mol. The largest absolute Gasteiger partial charge is 0.257 e. The van der Waals surface area contributed by atoms with E-state index in [0.29, 0.717) is 0 Å². The second kappa shape index (κ2) is 4.20. The smallest absolute Gasteiger partial charge is 0.183 e. The number of nitrogens with zero attached hydrogens (tertiary/aromatic N) is 4. The molecule has 1 aliphatic rings. The maximum Gasteiger partial charge on any atom is 0.183 e. The summed E-state index contributed by atoms with van der Waals surface area (Å²) >= 11 is 0. The summed E-state index contributed by atoms with van der Waals surface area (Å²) in [5, 5.41) is 2.85. The number of rotatable bonds is 1. The molecule has 4 heteroatoms. The van der Waals surface area contributed by atoms with Gasteiger partial charge >= 0.3 is 0 Å². The Morgan fingerprint density at radius 1 is 0.950 bits per heavy atom. The molecule has 1 aliphatic heterocycles. The molecule has 20 heavy (non-hydrogen) atoms. The quantitative estimate of drug-likeness (QED) is 0.671. The van der Waals surface area contributed by atoms with Gasteiger partial charge in [0.1, 0.15) is 5.36 Å². The Balaban J connectivity index is 1.95. The molecule has 1 aromatic carbocycles. The molecule has 0 spiro atoms. The first-order valence-electron chi connectivity index (χ1n) is 6.53. The number of aromatic nitrogens is 2. The standard InChI is InChI=1S/C16H12N4/c1-10-6-8-17-13(9-10)16-19-12-5-4-11-3-2-7-18-14(11)15(12)20-16/h2-9,16H,1H3. The van der Waals surface area contributed by atoms with Crippen LogP contribution in [0.4, 0.5) is 0 Å². The summed E-state index contributed by atoms with van der Waals surface area (Å²) in [4.78, 5) is 18.1. The predicted octanol–water partition coefficient (Wildman–Crippen LogP) is 1.89. The van der Waals surface area contributed by atoms with Gasteiger partial charge in [-0.3, -0.25) is 9.97 Å². The SMILES string of the molecule is Cc1ccnc(C2N=c3ccc4cccnc4c3=N2)c1. The zero-order chi connectivity index (χ0) is 13.5. The summed E-state index contributed by atoms with van der Waals surface area (Å²) in [7, 11) is 0. The molecule has 0 fully saturated rings. The number of pyridine rings is 2. The molecule has 0 saturated carbocycles. The fourth-order valence-corrected chi connectivity index (χ4v) is 2.47. The van der Waals surface area contributed by atoms with Crippen LogP contribution in [-0.4, -0.2) is 9.97 Å². The highest BCUT2D eigenvalue weighted by atomic mass is 15.1. The maximum atomic E-state index is 4.70. The van der Waals surface area contributed by atoms with Crippen molar-refractivity contribution >= 4 is 10.9 Å². The van der Waals surface area contributed by atoms with Crippen LogP contribution in [0.5, 0.6) is 0 Å². The first-order chi connectivity index (χ1) is 9.81. The van der Waals surface area contributed by atoms with Crippen LogP contribution in [-0.2, 0) is 0 Å². The van der Waals surface area contributed by atoms with Crippen LogP contribution in [0.3, 0.4) is 0 Å². The van der Waals surface area contributed by atoms with Gasteiger partial charge in [0.15, 0.2) is 6.17 Å². The molecule has 4 nitrogen and oxygen atoms in total. The average Bonchev–Trinajstić information content (AvgIpc) is 2.92. The molecular formula is C16H12N4. The van der Waals surface area contributed by atoms with E-state index in [1.165, 1.54) is 5.56 Å². The fourth-order valence-electron chi connectivity index (χ4n) is 2.47. The summed E-state index contributed by atoms with van der Waals surface area (Å²) in [5.41, 5.74) is 2.95. The summed E-state index contributed by atoms with van der Waals surface area (Å²) < 4.78 is 0. The van der Waals surface area contributed by atoms with E-state index in [0.717, 1.165) is 27.3 Å². The first-order valence-corrected chi connectivity index (χ1v) is 6.53. The summed E-state index contributed by atoms with van der Waals surface area (Å²) in [6.07, 6.45) is 3.34. The third-order valence-corrected chi connectivity index (χ3v) is 3.44. The van der Waals surface area contributed by atoms with E-state index in [2.05, 4.69) is 15.0 Å². The van der Waals surface area contributed by atoms with Crippen molar-refractivity contribution in [3.05, 3.63) is 70.8 Å². The van der Waals surface area contributed by atoms with E-state index < -0.39 is 0 Å². The first kappa shape index (κ1) is 11.2. The normalized spacial score (nSPS) is 16.6. The zero-order valence-corrected chi connectivity index (χ0v) is 11.0. The molecule has 3 heterocycles. The number of fused-ring (bicyclic) bond motifs is 3. The van der Waals surface area contributed by atoms with Gasteiger partial charge < -0.3 is 0 Å². The fraction of sp³-hybridized carbons (Fsp3) is 0.125. The second-order valence-corrected chi connectivity index (χ2v) is 4.90. The van der Waals surface area contributed by atoms with E-state index in [9.17, 15) is 0 Å².